The van der Waals surface area contributed by atoms with Crippen LogP contribution in [0.3, 0.4) is 0 Å². The van der Waals surface area contributed by atoms with E-state index in [0.717, 1.165) is 0 Å². The predicted octanol–water partition coefficient (Wildman–Crippen LogP) is 13.2. The number of nitrogens with zero attached hydrogens (tertiary/aromatic N) is 1. The van der Waals surface area contributed by atoms with Crippen LogP contribution in [0.5, 0.6) is 0 Å². The minimum absolute atomic E-state index is 0.100. The maximum atomic E-state index is 2.53. The van der Waals surface area contributed by atoms with E-state index in [1.807, 2.05) is 0 Å². The van der Waals surface area contributed by atoms with Gasteiger partial charge in [0.1, 0.15) is 0 Å². The number of anilines is 3. The van der Waals surface area contributed by atoms with Crippen LogP contribution in [0.1, 0.15) is 49.9 Å². The molecule has 2 aliphatic rings. The van der Waals surface area contributed by atoms with Gasteiger partial charge < -0.3 is 4.90 Å². The molecule has 0 saturated heterocycles. The zero-order chi connectivity index (χ0) is 33.1. The highest BCUT2D eigenvalue weighted by Crippen LogP contribution is 2.54. The first-order valence-corrected chi connectivity index (χ1v) is 17.5. The summed E-state index contributed by atoms with van der Waals surface area (Å²) in [5, 5.41) is 7.70. The fraction of sp³-hybridized carbons (Fsp3) is 0.125. The van der Waals surface area contributed by atoms with E-state index in [9.17, 15) is 0 Å². The number of hydrogen-bond acceptors (Lipinski definition) is 1. The molecule has 0 bridgehead atoms. The molecule has 1 heteroatoms. The van der Waals surface area contributed by atoms with Gasteiger partial charge in [0.05, 0.1) is 5.69 Å². The van der Waals surface area contributed by atoms with Crippen molar-refractivity contribution in [2.24, 2.45) is 0 Å². The Kier molecular flexibility index (Phi) is 5.75. The van der Waals surface area contributed by atoms with Crippen LogP contribution in [0.15, 0.2) is 152 Å². The lowest BCUT2D eigenvalue weighted by Crippen LogP contribution is -2.18. The molecular formula is C48H37N. The minimum Gasteiger partial charge on any atom is -0.310 e. The van der Waals surface area contributed by atoms with Gasteiger partial charge in [0.25, 0.3) is 0 Å². The van der Waals surface area contributed by atoms with Crippen molar-refractivity contribution in [2.75, 3.05) is 4.90 Å². The van der Waals surface area contributed by atoms with Gasteiger partial charge in [-0.25, -0.2) is 0 Å². The highest BCUT2D eigenvalue weighted by Gasteiger charge is 2.38. The number of hydrogen-bond donors (Lipinski definition) is 0. The summed E-state index contributed by atoms with van der Waals surface area (Å²) in [7, 11) is 0. The molecule has 0 fully saturated rings. The average Bonchev–Trinajstić information content (AvgIpc) is 3.51. The lowest BCUT2D eigenvalue weighted by atomic mass is 9.82. The fourth-order valence-electron chi connectivity index (χ4n) is 9.21. The first-order valence-electron chi connectivity index (χ1n) is 17.5. The Morgan fingerprint density at radius 3 is 1.24 bits per heavy atom. The molecule has 0 saturated carbocycles. The van der Waals surface area contributed by atoms with E-state index in [1.54, 1.807) is 0 Å². The molecular weight excluding hydrogens is 591 g/mol. The number of benzene rings is 8. The zero-order valence-electron chi connectivity index (χ0n) is 28.4. The van der Waals surface area contributed by atoms with E-state index in [0.29, 0.717) is 0 Å². The second-order valence-corrected chi connectivity index (χ2v) is 14.9. The second kappa shape index (κ2) is 9.94. The standard InChI is InChI=1S/C48H37N/c1-47(2)41-21-11-9-17-35(41)37-26-24-30(28-43(37)47)49(31-25-27-38-36-18-10-12-22-42(36)48(3,4)44(38)29-31)45-23-13-20-40-34-15-6-5-14-32(34)33-16-7-8-19-39(33)46(40)45/h5-29H,1-4H3. The third kappa shape index (κ3) is 3.82. The van der Waals surface area contributed by atoms with E-state index in [2.05, 4.69) is 184 Å². The molecule has 10 rings (SSSR count). The van der Waals surface area contributed by atoms with Gasteiger partial charge in [-0.15, -0.1) is 0 Å². The molecule has 0 N–H and O–H groups in total. The molecule has 0 unspecified atom stereocenters. The molecule has 0 atom stereocenters. The Hall–Kier alpha value is -5.66. The summed E-state index contributed by atoms with van der Waals surface area (Å²) in [6.07, 6.45) is 0. The lowest BCUT2D eigenvalue weighted by Gasteiger charge is -2.31. The van der Waals surface area contributed by atoms with Crippen molar-refractivity contribution >= 4 is 49.4 Å². The summed E-state index contributed by atoms with van der Waals surface area (Å²) in [4.78, 5) is 2.53. The van der Waals surface area contributed by atoms with Crippen molar-refractivity contribution in [1.29, 1.82) is 0 Å². The van der Waals surface area contributed by atoms with Crippen molar-refractivity contribution in [3.8, 4) is 22.3 Å². The summed E-state index contributed by atoms with van der Waals surface area (Å²) in [5.74, 6) is 0. The summed E-state index contributed by atoms with van der Waals surface area (Å²) < 4.78 is 0. The third-order valence-corrected chi connectivity index (χ3v) is 11.6. The molecule has 8 aromatic rings. The van der Waals surface area contributed by atoms with Crippen LogP contribution in [0.25, 0.3) is 54.6 Å². The average molecular weight is 628 g/mol. The molecule has 0 amide bonds. The van der Waals surface area contributed by atoms with Gasteiger partial charge in [-0.3, -0.25) is 0 Å². The van der Waals surface area contributed by atoms with E-state index < -0.39 is 0 Å². The van der Waals surface area contributed by atoms with Crippen LogP contribution in [-0.4, -0.2) is 0 Å². The first-order chi connectivity index (χ1) is 23.8. The fourth-order valence-corrected chi connectivity index (χ4v) is 9.21. The zero-order valence-corrected chi connectivity index (χ0v) is 28.4. The van der Waals surface area contributed by atoms with Crippen LogP contribution < -0.4 is 4.90 Å². The third-order valence-electron chi connectivity index (χ3n) is 11.6. The molecule has 0 spiro atoms. The van der Waals surface area contributed by atoms with E-state index >= 15 is 0 Å². The molecule has 49 heavy (non-hydrogen) atoms. The highest BCUT2D eigenvalue weighted by atomic mass is 15.1. The summed E-state index contributed by atoms with van der Waals surface area (Å²) in [6, 6.07) is 56.8. The van der Waals surface area contributed by atoms with Crippen LogP contribution in [0.2, 0.25) is 0 Å². The maximum absolute atomic E-state index is 2.53. The molecule has 8 aromatic carbocycles. The van der Waals surface area contributed by atoms with Crippen LogP contribution in [-0.2, 0) is 10.8 Å². The maximum Gasteiger partial charge on any atom is 0.0546 e. The molecule has 234 valence electrons. The van der Waals surface area contributed by atoms with Gasteiger partial charge in [0, 0.05) is 27.6 Å². The molecule has 1 nitrogen and oxygen atoms in total. The van der Waals surface area contributed by atoms with E-state index in [-0.39, 0.29) is 10.8 Å². The lowest BCUT2D eigenvalue weighted by molar-refractivity contribution is 0.660. The van der Waals surface area contributed by atoms with Gasteiger partial charge in [-0.05, 0) is 102 Å². The van der Waals surface area contributed by atoms with E-state index in [1.165, 1.54) is 93.9 Å². The Bertz CT molecular complexity index is 2520. The Morgan fingerprint density at radius 2 is 0.735 bits per heavy atom. The van der Waals surface area contributed by atoms with Crippen molar-refractivity contribution in [3.05, 3.63) is 174 Å². The predicted molar refractivity (Wildman–Crippen MR) is 209 cm³/mol. The first kappa shape index (κ1) is 28.4. The molecule has 2 aliphatic carbocycles. The summed E-state index contributed by atoms with van der Waals surface area (Å²) in [6.45, 7) is 9.49. The largest absolute Gasteiger partial charge is 0.310 e. The van der Waals surface area contributed by atoms with Gasteiger partial charge in [-0.2, -0.15) is 0 Å². The summed E-state index contributed by atoms with van der Waals surface area (Å²) >= 11 is 0. The van der Waals surface area contributed by atoms with Crippen LogP contribution in [0, 0.1) is 0 Å². The van der Waals surface area contributed by atoms with Crippen LogP contribution >= 0.6 is 0 Å². The van der Waals surface area contributed by atoms with Gasteiger partial charge >= 0.3 is 0 Å². The Balaban J connectivity index is 1.29. The molecule has 0 aromatic heterocycles. The Labute approximate surface area is 288 Å². The normalized spacial score (nSPS) is 14.9. The second-order valence-electron chi connectivity index (χ2n) is 14.9. The Morgan fingerprint density at radius 1 is 0.347 bits per heavy atom. The van der Waals surface area contributed by atoms with Crippen molar-refractivity contribution in [2.45, 2.75) is 38.5 Å². The van der Waals surface area contributed by atoms with Crippen molar-refractivity contribution in [1.82, 2.24) is 0 Å². The quantitative estimate of drug-likeness (QED) is 0.176. The van der Waals surface area contributed by atoms with Gasteiger partial charge in [0.15, 0.2) is 0 Å². The van der Waals surface area contributed by atoms with Crippen molar-refractivity contribution in [3.63, 3.8) is 0 Å². The topological polar surface area (TPSA) is 3.24 Å². The highest BCUT2D eigenvalue weighted by molar-refractivity contribution is 6.28. The SMILES string of the molecule is CC1(C)c2ccccc2-c2ccc(N(c3ccc4c(c3)C(C)(C)c3ccccc3-4)c3cccc4c5ccccc5c5ccccc5c34)cc21. The number of rotatable bonds is 3. The molecule has 0 heterocycles. The summed E-state index contributed by atoms with van der Waals surface area (Å²) in [5.41, 5.74) is 14.3. The molecule has 0 aliphatic heterocycles. The molecule has 0 radical (unpaired) electrons. The monoisotopic (exact) mass is 627 g/mol. The van der Waals surface area contributed by atoms with Gasteiger partial charge in [-0.1, -0.05) is 149 Å². The minimum atomic E-state index is -0.100. The van der Waals surface area contributed by atoms with Crippen molar-refractivity contribution < 1.29 is 0 Å². The smallest absolute Gasteiger partial charge is 0.0546 e. The van der Waals surface area contributed by atoms with E-state index in [4.69, 9.17) is 0 Å². The van der Waals surface area contributed by atoms with Crippen LogP contribution in [0.4, 0.5) is 17.1 Å². The van der Waals surface area contributed by atoms with Gasteiger partial charge in [0.2, 0.25) is 0 Å². The number of fused-ring (bicyclic) bond motifs is 12.